The van der Waals surface area contributed by atoms with Crippen LogP contribution >= 0.6 is 0 Å². The molecule has 1 aliphatic heterocycles. The highest BCUT2D eigenvalue weighted by atomic mass is 16.6. The second-order valence-corrected chi connectivity index (χ2v) is 7.82. The second-order valence-electron chi connectivity index (χ2n) is 7.82. The van der Waals surface area contributed by atoms with Crippen LogP contribution in [0, 0.1) is 5.92 Å². The van der Waals surface area contributed by atoms with Crippen LogP contribution in [0.25, 0.3) is 0 Å². The van der Waals surface area contributed by atoms with E-state index in [1.165, 1.54) is 13.8 Å². The third-order valence-electron chi connectivity index (χ3n) is 4.20. The van der Waals surface area contributed by atoms with Gasteiger partial charge < -0.3 is 19.1 Å². The molecular weight excluding hydrogens is 338 g/mol. The molecular formula is C19H33NO6. The van der Waals surface area contributed by atoms with Crippen LogP contribution in [0.3, 0.4) is 0 Å². The number of unbranched alkanes of at least 4 members (excludes halogenated alkanes) is 1. The molecule has 1 saturated heterocycles. The van der Waals surface area contributed by atoms with Crippen LogP contribution in [-0.2, 0) is 23.8 Å². The second kappa shape index (κ2) is 9.78. The number of hydrogen-bond donors (Lipinski definition) is 0. The first kappa shape index (κ1) is 22.3. The molecule has 0 spiro atoms. The van der Waals surface area contributed by atoms with Gasteiger partial charge in [0, 0.05) is 33.4 Å². The molecule has 0 aromatic heterocycles. The van der Waals surface area contributed by atoms with Gasteiger partial charge in [-0.05, 0) is 27.2 Å². The third-order valence-corrected chi connectivity index (χ3v) is 4.20. The molecule has 7 heteroatoms. The highest BCUT2D eigenvalue weighted by Crippen LogP contribution is 2.29. The highest BCUT2D eigenvalue weighted by Gasteiger charge is 2.40. The molecule has 150 valence electrons. The molecule has 1 amide bonds. The van der Waals surface area contributed by atoms with Crippen molar-refractivity contribution in [1.82, 2.24) is 4.90 Å². The molecule has 7 nitrogen and oxygen atoms in total. The fourth-order valence-electron chi connectivity index (χ4n) is 3.15. The van der Waals surface area contributed by atoms with Crippen molar-refractivity contribution in [3.63, 3.8) is 0 Å². The van der Waals surface area contributed by atoms with E-state index in [1.54, 1.807) is 4.90 Å². The number of rotatable bonds is 6. The zero-order chi connectivity index (χ0) is 19.9. The predicted octanol–water partition coefficient (Wildman–Crippen LogP) is 3.30. The molecule has 26 heavy (non-hydrogen) atoms. The molecule has 0 aromatic rings. The summed E-state index contributed by atoms with van der Waals surface area (Å²) in [6.07, 6.45) is 1.82. The monoisotopic (exact) mass is 371 g/mol. The van der Waals surface area contributed by atoms with E-state index in [0.29, 0.717) is 25.9 Å². The van der Waals surface area contributed by atoms with Gasteiger partial charge in [0.2, 0.25) is 0 Å². The van der Waals surface area contributed by atoms with Gasteiger partial charge in [-0.1, -0.05) is 19.8 Å². The summed E-state index contributed by atoms with van der Waals surface area (Å²) in [6, 6.07) is 0. The molecule has 0 saturated carbocycles. The highest BCUT2D eigenvalue weighted by molar-refractivity contribution is 5.69. The minimum absolute atomic E-state index is 0.268. The zero-order valence-corrected chi connectivity index (χ0v) is 16.9. The molecule has 3 atom stereocenters. The molecule has 1 aliphatic rings. The first-order chi connectivity index (χ1) is 12.0. The van der Waals surface area contributed by atoms with Crippen molar-refractivity contribution in [2.45, 2.75) is 85.0 Å². The number of ether oxygens (including phenoxy) is 3. The number of esters is 2. The summed E-state index contributed by atoms with van der Waals surface area (Å²) >= 11 is 0. The Balaban J connectivity index is 2.96. The Morgan fingerprint density at radius 2 is 1.81 bits per heavy atom. The van der Waals surface area contributed by atoms with Gasteiger partial charge >= 0.3 is 18.0 Å². The Bertz CT molecular complexity index is 499. The number of piperidine rings is 1. The standard InChI is InChI=1S/C19H33NO6/c1-7-8-9-16(24-13(2)21)15-12-20(18(23)26-19(4,5)6)11-10-17(15)25-14(3)22/h15-17H,7-12H2,1-6H3. The zero-order valence-electron chi connectivity index (χ0n) is 16.9. The Morgan fingerprint density at radius 3 is 2.31 bits per heavy atom. The molecule has 0 radical (unpaired) electrons. The summed E-state index contributed by atoms with van der Waals surface area (Å²) in [5.74, 6) is -1.01. The average molecular weight is 371 g/mol. The fraction of sp³-hybridized carbons (Fsp3) is 0.842. The largest absolute Gasteiger partial charge is 0.462 e. The van der Waals surface area contributed by atoms with E-state index in [2.05, 4.69) is 6.92 Å². The molecule has 0 aliphatic carbocycles. The minimum atomic E-state index is -0.586. The normalized spacial score (nSPS) is 21.7. The molecule has 1 rings (SSSR count). The number of amides is 1. The lowest BCUT2D eigenvalue weighted by molar-refractivity contribution is -0.164. The number of likely N-dealkylation sites (tertiary alicyclic amines) is 1. The summed E-state index contributed by atoms with van der Waals surface area (Å²) in [4.78, 5) is 37.1. The van der Waals surface area contributed by atoms with Crippen molar-refractivity contribution in [1.29, 1.82) is 0 Å². The number of hydrogen-bond acceptors (Lipinski definition) is 6. The van der Waals surface area contributed by atoms with E-state index in [1.807, 2.05) is 20.8 Å². The SMILES string of the molecule is CCCCC(OC(C)=O)C1CN(C(=O)OC(C)(C)C)CCC1OC(C)=O. The lowest BCUT2D eigenvalue weighted by Crippen LogP contribution is -2.52. The lowest BCUT2D eigenvalue weighted by atomic mass is 9.87. The topological polar surface area (TPSA) is 82.1 Å². The van der Waals surface area contributed by atoms with Gasteiger partial charge in [0.05, 0.1) is 5.92 Å². The smallest absolute Gasteiger partial charge is 0.410 e. The van der Waals surface area contributed by atoms with E-state index in [9.17, 15) is 14.4 Å². The maximum absolute atomic E-state index is 12.4. The van der Waals surface area contributed by atoms with Crippen molar-refractivity contribution < 1.29 is 28.6 Å². The van der Waals surface area contributed by atoms with Gasteiger partial charge in [0.1, 0.15) is 17.8 Å². The summed E-state index contributed by atoms with van der Waals surface area (Å²) in [5.41, 5.74) is -0.586. The fourth-order valence-corrected chi connectivity index (χ4v) is 3.15. The third kappa shape index (κ3) is 7.62. The first-order valence-electron chi connectivity index (χ1n) is 9.35. The van der Waals surface area contributed by atoms with Gasteiger partial charge in [0.25, 0.3) is 0 Å². The Labute approximate surface area is 156 Å². The quantitative estimate of drug-likeness (QED) is 0.526. The van der Waals surface area contributed by atoms with E-state index in [4.69, 9.17) is 14.2 Å². The van der Waals surface area contributed by atoms with Crippen molar-refractivity contribution in [2.24, 2.45) is 5.92 Å². The van der Waals surface area contributed by atoms with E-state index < -0.39 is 17.8 Å². The van der Waals surface area contributed by atoms with E-state index >= 15 is 0 Å². The van der Waals surface area contributed by atoms with Crippen LogP contribution in [0.4, 0.5) is 4.79 Å². The van der Waals surface area contributed by atoms with E-state index in [0.717, 1.165) is 12.8 Å². The van der Waals surface area contributed by atoms with Crippen LogP contribution in [0.5, 0.6) is 0 Å². The minimum Gasteiger partial charge on any atom is -0.462 e. The van der Waals surface area contributed by atoms with Gasteiger partial charge in [0.15, 0.2) is 0 Å². The summed E-state index contributed by atoms with van der Waals surface area (Å²) in [6.45, 7) is 11.0. The van der Waals surface area contributed by atoms with Crippen LogP contribution < -0.4 is 0 Å². The van der Waals surface area contributed by atoms with E-state index in [-0.39, 0.29) is 24.0 Å². The molecule has 1 heterocycles. The Morgan fingerprint density at radius 1 is 1.15 bits per heavy atom. The number of carbonyl (C=O) groups is 3. The maximum atomic E-state index is 12.4. The maximum Gasteiger partial charge on any atom is 0.410 e. The lowest BCUT2D eigenvalue weighted by Gasteiger charge is -2.41. The van der Waals surface area contributed by atoms with Gasteiger partial charge in [-0.15, -0.1) is 0 Å². The van der Waals surface area contributed by atoms with Crippen LogP contribution in [-0.4, -0.2) is 53.8 Å². The van der Waals surface area contributed by atoms with Crippen LogP contribution in [0.1, 0.15) is 67.2 Å². The summed E-state index contributed by atoms with van der Waals surface area (Å²) < 4.78 is 16.4. The molecule has 0 bridgehead atoms. The molecule has 1 fully saturated rings. The van der Waals surface area contributed by atoms with Gasteiger partial charge in [-0.25, -0.2) is 4.79 Å². The van der Waals surface area contributed by atoms with Crippen molar-refractivity contribution in [3.8, 4) is 0 Å². The number of carbonyl (C=O) groups excluding carboxylic acids is 3. The van der Waals surface area contributed by atoms with Crippen molar-refractivity contribution in [2.75, 3.05) is 13.1 Å². The van der Waals surface area contributed by atoms with Crippen LogP contribution in [0.2, 0.25) is 0 Å². The van der Waals surface area contributed by atoms with Gasteiger partial charge in [-0.2, -0.15) is 0 Å². The Hall–Kier alpha value is -1.79. The summed E-state index contributed by atoms with van der Waals surface area (Å²) in [7, 11) is 0. The average Bonchev–Trinajstić information content (AvgIpc) is 2.49. The molecule has 0 N–H and O–H groups in total. The van der Waals surface area contributed by atoms with Crippen molar-refractivity contribution in [3.05, 3.63) is 0 Å². The van der Waals surface area contributed by atoms with Crippen LogP contribution in [0.15, 0.2) is 0 Å². The summed E-state index contributed by atoms with van der Waals surface area (Å²) in [5, 5.41) is 0. The Kier molecular flexibility index (Phi) is 8.37. The van der Waals surface area contributed by atoms with Gasteiger partial charge in [-0.3, -0.25) is 9.59 Å². The molecule has 3 unspecified atom stereocenters. The molecule has 0 aromatic carbocycles. The number of nitrogens with zero attached hydrogens (tertiary/aromatic N) is 1. The van der Waals surface area contributed by atoms with Crippen molar-refractivity contribution >= 4 is 18.0 Å². The predicted molar refractivity (Wildman–Crippen MR) is 96.5 cm³/mol. The first-order valence-corrected chi connectivity index (χ1v) is 9.35.